The van der Waals surface area contributed by atoms with Gasteiger partial charge in [-0.25, -0.2) is 9.37 Å². The van der Waals surface area contributed by atoms with Gasteiger partial charge in [0, 0.05) is 37.7 Å². The summed E-state index contributed by atoms with van der Waals surface area (Å²) in [4.78, 5) is 21.3. The van der Waals surface area contributed by atoms with Crippen LogP contribution in [0.25, 0.3) is 0 Å². The number of aromatic nitrogens is 1. The molecular weight excluding hydrogens is 343 g/mol. The summed E-state index contributed by atoms with van der Waals surface area (Å²) in [6, 6.07) is 9.42. The van der Waals surface area contributed by atoms with E-state index in [1.54, 1.807) is 6.07 Å². The molecule has 1 aliphatic rings. The standard InChI is InChI=1S/C18H20ClFN4O/c1-23-7-9-24(10-8-23)12-14-3-2-4-17(21-14)22-18(25)15-6-5-13(19)11-16(15)20/h2-6,11H,7-10,12H2,1H3,(H,21,22,25). The van der Waals surface area contributed by atoms with E-state index >= 15 is 0 Å². The fourth-order valence-corrected chi connectivity index (χ4v) is 2.89. The van der Waals surface area contributed by atoms with Crippen LogP contribution in [0.3, 0.4) is 0 Å². The van der Waals surface area contributed by atoms with Gasteiger partial charge in [-0.05, 0) is 37.4 Å². The van der Waals surface area contributed by atoms with Crippen molar-refractivity contribution in [3.63, 3.8) is 0 Å². The number of nitrogens with zero attached hydrogens (tertiary/aromatic N) is 3. The quantitative estimate of drug-likeness (QED) is 0.908. The summed E-state index contributed by atoms with van der Waals surface area (Å²) in [5.74, 6) is -0.789. The van der Waals surface area contributed by atoms with Gasteiger partial charge >= 0.3 is 0 Å². The van der Waals surface area contributed by atoms with E-state index in [2.05, 4.69) is 27.1 Å². The van der Waals surface area contributed by atoms with Crippen LogP contribution in [0, 0.1) is 5.82 Å². The average molecular weight is 363 g/mol. The number of halogens is 2. The lowest BCUT2D eigenvalue weighted by Crippen LogP contribution is -2.44. The molecule has 132 valence electrons. The van der Waals surface area contributed by atoms with Crippen LogP contribution in [-0.4, -0.2) is 53.9 Å². The van der Waals surface area contributed by atoms with Gasteiger partial charge < -0.3 is 10.2 Å². The van der Waals surface area contributed by atoms with Crippen LogP contribution in [0.2, 0.25) is 5.02 Å². The van der Waals surface area contributed by atoms with E-state index in [1.807, 2.05) is 12.1 Å². The Morgan fingerprint density at radius 2 is 2.00 bits per heavy atom. The molecule has 0 saturated carbocycles. The monoisotopic (exact) mass is 362 g/mol. The van der Waals surface area contributed by atoms with Crippen molar-refractivity contribution in [2.75, 3.05) is 38.5 Å². The minimum atomic E-state index is -0.654. The maximum atomic E-state index is 13.8. The van der Waals surface area contributed by atoms with Gasteiger partial charge in [0.15, 0.2) is 0 Å². The third-order valence-electron chi connectivity index (χ3n) is 4.21. The molecule has 1 saturated heterocycles. The Hall–Kier alpha value is -2.02. The van der Waals surface area contributed by atoms with Gasteiger partial charge in [-0.3, -0.25) is 9.69 Å². The lowest BCUT2D eigenvalue weighted by molar-refractivity contribution is 0.102. The van der Waals surface area contributed by atoms with Gasteiger partial charge in [-0.15, -0.1) is 0 Å². The first-order valence-corrected chi connectivity index (χ1v) is 8.52. The summed E-state index contributed by atoms with van der Waals surface area (Å²) in [7, 11) is 2.11. The highest BCUT2D eigenvalue weighted by Gasteiger charge is 2.16. The van der Waals surface area contributed by atoms with E-state index in [0.29, 0.717) is 5.82 Å². The van der Waals surface area contributed by atoms with Gasteiger partial charge in [0.2, 0.25) is 0 Å². The van der Waals surface area contributed by atoms with Crippen molar-refractivity contribution in [1.29, 1.82) is 0 Å². The van der Waals surface area contributed by atoms with Crippen LogP contribution in [0.15, 0.2) is 36.4 Å². The normalized spacial score (nSPS) is 16.0. The molecule has 1 amide bonds. The number of pyridine rings is 1. The second kappa shape index (κ2) is 7.91. The summed E-state index contributed by atoms with van der Waals surface area (Å²) in [5, 5.41) is 2.89. The third-order valence-corrected chi connectivity index (χ3v) is 4.44. The molecule has 0 unspecified atom stereocenters. The zero-order valence-corrected chi connectivity index (χ0v) is 14.8. The topological polar surface area (TPSA) is 48.5 Å². The number of hydrogen-bond donors (Lipinski definition) is 1. The van der Waals surface area contributed by atoms with Gasteiger partial charge in [-0.2, -0.15) is 0 Å². The van der Waals surface area contributed by atoms with E-state index in [1.165, 1.54) is 12.1 Å². The van der Waals surface area contributed by atoms with Gasteiger partial charge in [0.25, 0.3) is 5.91 Å². The second-order valence-corrected chi connectivity index (χ2v) is 6.61. The van der Waals surface area contributed by atoms with Crippen molar-refractivity contribution in [3.05, 3.63) is 58.5 Å². The fraction of sp³-hybridized carbons (Fsp3) is 0.333. The number of carbonyl (C=O) groups is 1. The Balaban J connectivity index is 1.66. The van der Waals surface area contributed by atoms with Gasteiger partial charge in [0.05, 0.1) is 11.3 Å². The first-order chi connectivity index (χ1) is 12.0. The van der Waals surface area contributed by atoms with E-state index < -0.39 is 11.7 Å². The van der Waals surface area contributed by atoms with Crippen LogP contribution in [-0.2, 0) is 6.54 Å². The summed E-state index contributed by atoms with van der Waals surface area (Å²) < 4.78 is 13.8. The molecule has 7 heteroatoms. The molecule has 0 bridgehead atoms. The van der Waals surface area contributed by atoms with E-state index in [0.717, 1.165) is 44.5 Å². The minimum absolute atomic E-state index is 0.0596. The third kappa shape index (κ3) is 4.75. The van der Waals surface area contributed by atoms with Crippen LogP contribution in [0.5, 0.6) is 0 Å². The lowest BCUT2D eigenvalue weighted by atomic mass is 10.2. The highest BCUT2D eigenvalue weighted by molar-refractivity contribution is 6.30. The van der Waals surface area contributed by atoms with E-state index in [4.69, 9.17) is 11.6 Å². The minimum Gasteiger partial charge on any atom is -0.306 e. The molecule has 3 rings (SSSR count). The van der Waals surface area contributed by atoms with Gasteiger partial charge in [-0.1, -0.05) is 17.7 Å². The number of amides is 1. The van der Waals surface area contributed by atoms with Crippen LogP contribution < -0.4 is 5.32 Å². The molecule has 1 aromatic carbocycles. The maximum Gasteiger partial charge on any atom is 0.259 e. The molecule has 0 aliphatic carbocycles. The van der Waals surface area contributed by atoms with Crippen LogP contribution >= 0.6 is 11.6 Å². The summed E-state index contributed by atoms with van der Waals surface area (Å²) in [6.07, 6.45) is 0. The molecule has 5 nitrogen and oxygen atoms in total. The molecule has 1 fully saturated rings. The highest BCUT2D eigenvalue weighted by atomic mass is 35.5. The summed E-state index contributed by atoms with van der Waals surface area (Å²) in [5.41, 5.74) is 0.814. The predicted molar refractivity (Wildman–Crippen MR) is 96.4 cm³/mol. The zero-order chi connectivity index (χ0) is 17.8. The fourth-order valence-electron chi connectivity index (χ4n) is 2.73. The highest BCUT2D eigenvalue weighted by Crippen LogP contribution is 2.16. The van der Waals surface area contributed by atoms with Crippen LogP contribution in [0.4, 0.5) is 10.2 Å². The first kappa shape index (κ1) is 17.8. The molecule has 25 heavy (non-hydrogen) atoms. The number of carbonyl (C=O) groups excluding carboxylic acids is 1. The smallest absolute Gasteiger partial charge is 0.259 e. The molecule has 2 heterocycles. The predicted octanol–water partition coefficient (Wildman–Crippen LogP) is 2.87. The number of anilines is 1. The Morgan fingerprint density at radius 3 is 2.72 bits per heavy atom. The molecule has 0 spiro atoms. The van der Waals surface area contributed by atoms with Crippen molar-refractivity contribution in [2.45, 2.75) is 6.54 Å². The van der Waals surface area contributed by atoms with Crippen molar-refractivity contribution >= 4 is 23.3 Å². The van der Waals surface area contributed by atoms with Crippen molar-refractivity contribution < 1.29 is 9.18 Å². The maximum absolute atomic E-state index is 13.8. The molecule has 0 atom stereocenters. The number of likely N-dealkylation sites (N-methyl/N-ethyl adjacent to an activating group) is 1. The largest absolute Gasteiger partial charge is 0.306 e. The Bertz CT molecular complexity index is 762. The van der Waals surface area contributed by atoms with E-state index in [9.17, 15) is 9.18 Å². The molecule has 2 aromatic rings. The number of nitrogens with one attached hydrogen (secondary N) is 1. The Labute approximate surface area is 151 Å². The molecular formula is C18H20ClFN4O. The molecule has 1 N–H and O–H groups in total. The van der Waals surface area contributed by atoms with Crippen molar-refractivity contribution in [2.24, 2.45) is 0 Å². The number of piperazine rings is 1. The molecule has 1 aliphatic heterocycles. The van der Waals surface area contributed by atoms with E-state index in [-0.39, 0.29) is 10.6 Å². The summed E-state index contributed by atoms with van der Waals surface area (Å²) >= 11 is 5.71. The number of benzene rings is 1. The lowest BCUT2D eigenvalue weighted by Gasteiger charge is -2.32. The van der Waals surface area contributed by atoms with Gasteiger partial charge in [0.1, 0.15) is 11.6 Å². The number of hydrogen-bond acceptors (Lipinski definition) is 4. The first-order valence-electron chi connectivity index (χ1n) is 8.14. The zero-order valence-electron chi connectivity index (χ0n) is 14.0. The summed E-state index contributed by atoms with van der Waals surface area (Å²) in [6.45, 7) is 4.78. The average Bonchev–Trinajstić information content (AvgIpc) is 2.57. The van der Waals surface area contributed by atoms with Crippen molar-refractivity contribution in [1.82, 2.24) is 14.8 Å². The molecule has 0 radical (unpaired) electrons. The SMILES string of the molecule is CN1CCN(Cc2cccc(NC(=O)c3ccc(Cl)cc3F)n2)CC1. The van der Waals surface area contributed by atoms with Crippen LogP contribution in [0.1, 0.15) is 16.1 Å². The number of rotatable bonds is 4. The van der Waals surface area contributed by atoms with Crippen molar-refractivity contribution in [3.8, 4) is 0 Å². The second-order valence-electron chi connectivity index (χ2n) is 6.17. The Kier molecular flexibility index (Phi) is 5.63. The Morgan fingerprint density at radius 1 is 1.24 bits per heavy atom. The molecule has 1 aromatic heterocycles.